The molecule has 0 heterocycles. The van der Waals surface area contributed by atoms with Gasteiger partial charge in [0.2, 0.25) is 0 Å². The van der Waals surface area contributed by atoms with Crippen LogP contribution in [0.2, 0.25) is 0 Å². The molecular formula is C9H15ClSi. The Balaban J connectivity index is 0. The predicted octanol–water partition coefficient (Wildman–Crippen LogP) is 2.08. The lowest BCUT2D eigenvalue weighted by Crippen LogP contribution is -1.64. The molecule has 0 atom stereocenters. The summed E-state index contributed by atoms with van der Waals surface area (Å²) in [7, 11) is 0. The molecule has 0 N–H and O–H groups in total. The summed E-state index contributed by atoms with van der Waals surface area (Å²) in [6.07, 6.45) is 1.85. The van der Waals surface area contributed by atoms with Crippen molar-refractivity contribution in [1.29, 1.82) is 0 Å². The first kappa shape index (κ1) is 13.1. The summed E-state index contributed by atoms with van der Waals surface area (Å²) in [5.41, 5.74) is 2.64. The number of hydrogen-bond acceptors (Lipinski definition) is 0. The van der Waals surface area contributed by atoms with Gasteiger partial charge in [0.05, 0.1) is 0 Å². The SMILES string of the molecule is C.ClC=Cc1ccccc1.[SiH4]. The lowest BCUT2D eigenvalue weighted by atomic mass is 10.2. The van der Waals surface area contributed by atoms with Gasteiger partial charge in [0.1, 0.15) is 0 Å². The molecule has 0 bridgehead atoms. The van der Waals surface area contributed by atoms with E-state index in [1.165, 1.54) is 5.54 Å². The van der Waals surface area contributed by atoms with Crippen LogP contribution in [-0.2, 0) is 0 Å². The van der Waals surface area contributed by atoms with Crippen molar-refractivity contribution >= 4 is 28.6 Å². The number of rotatable bonds is 1. The summed E-state index contributed by atoms with van der Waals surface area (Å²) in [4.78, 5) is 0. The normalized spacial score (nSPS) is 8.45. The highest BCUT2D eigenvalue weighted by Crippen LogP contribution is 2.00. The highest BCUT2D eigenvalue weighted by Gasteiger charge is 1.78. The Bertz CT molecular complexity index is 194. The lowest BCUT2D eigenvalue weighted by molar-refractivity contribution is 1.66. The molecule has 2 heteroatoms. The van der Waals surface area contributed by atoms with E-state index in [2.05, 4.69) is 0 Å². The van der Waals surface area contributed by atoms with E-state index < -0.39 is 0 Å². The highest BCUT2D eigenvalue weighted by atomic mass is 35.5. The number of halogens is 1. The van der Waals surface area contributed by atoms with Crippen LogP contribution in [0.1, 0.15) is 13.0 Å². The quantitative estimate of drug-likeness (QED) is 0.590. The summed E-state index contributed by atoms with van der Waals surface area (Å²) < 4.78 is 0. The minimum Gasteiger partial charge on any atom is -0.0929 e. The molecule has 1 aromatic carbocycles. The minimum atomic E-state index is 0. The van der Waals surface area contributed by atoms with Crippen molar-refractivity contribution in [2.45, 2.75) is 7.43 Å². The Labute approximate surface area is 77.9 Å². The van der Waals surface area contributed by atoms with Crippen LogP contribution in [0, 0.1) is 0 Å². The van der Waals surface area contributed by atoms with E-state index >= 15 is 0 Å². The molecule has 0 radical (unpaired) electrons. The Kier molecular flexibility index (Phi) is 9.01. The summed E-state index contributed by atoms with van der Waals surface area (Å²) in [5, 5.41) is 0. The van der Waals surface area contributed by atoms with Gasteiger partial charge < -0.3 is 0 Å². The van der Waals surface area contributed by atoms with Crippen LogP contribution in [0.3, 0.4) is 0 Å². The van der Waals surface area contributed by atoms with Gasteiger partial charge in [-0.2, -0.15) is 0 Å². The maximum Gasteiger partial charge on any atom is 0.00484 e. The molecule has 0 unspecified atom stereocenters. The monoisotopic (exact) mass is 186 g/mol. The molecule has 0 fully saturated rings. The Hall–Kier alpha value is -0.533. The second-order valence-electron chi connectivity index (χ2n) is 1.70. The van der Waals surface area contributed by atoms with Gasteiger partial charge in [0, 0.05) is 5.54 Å². The first-order valence-electron chi connectivity index (χ1n) is 2.75. The molecule has 1 aromatic rings. The van der Waals surface area contributed by atoms with Crippen molar-refractivity contribution in [3.63, 3.8) is 0 Å². The van der Waals surface area contributed by atoms with E-state index in [9.17, 15) is 0 Å². The van der Waals surface area contributed by atoms with Crippen molar-refractivity contribution in [3.05, 3.63) is 41.4 Å². The number of hydrogen-bond donors (Lipinski definition) is 0. The molecule has 0 saturated carbocycles. The van der Waals surface area contributed by atoms with Crippen LogP contribution >= 0.6 is 11.6 Å². The molecule has 11 heavy (non-hydrogen) atoms. The molecule has 0 saturated heterocycles. The molecular weight excluding hydrogens is 172 g/mol. The molecule has 0 aliphatic carbocycles. The summed E-state index contributed by atoms with van der Waals surface area (Å²) in [6.45, 7) is 0. The lowest BCUT2D eigenvalue weighted by Gasteiger charge is -1.86. The zero-order chi connectivity index (χ0) is 6.53. The summed E-state index contributed by atoms with van der Waals surface area (Å²) >= 11 is 5.36. The van der Waals surface area contributed by atoms with E-state index in [0.29, 0.717) is 0 Å². The Morgan fingerprint density at radius 3 is 2.09 bits per heavy atom. The van der Waals surface area contributed by atoms with Gasteiger partial charge in [-0.1, -0.05) is 49.4 Å². The van der Waals surface area contributed by atoms with Gasteiger partial charge in [-0.15, -0.1) is 0 Å². The van der Waals surface area contributed by atoms with E-state index in [1.807, 2.05) is 36.4 Å². The fourth-order valence-corrected chi connectivity index (χ4v) is 0.782. The zero-order valence-electron chi connectivity index (χ0n) is 4.92. The fourth-order valence-electron chi connectivity index (χ4n) is 0.637. The second kappa shape index (κ2) is 7.57. The largest absolute Gasteiger partial charge is 0.0929 e. The average Bonchev–Trinajstić information content (AvgIpc) is 1.91. The van der Waals surface area contributed by atoms with Gasteiger partial charge in [-0.25, -0.2) is 0 Å². The summed E-state index contributed by atoms with van der Waals surface area (Å²) in [6, 6.07) is 9.93. The van der Waals surface area contributed by atoms with E-state index in [-0.39, 0.29) is 18.4 Å². The molecule has 62 valence electrons. The Morgan fingerprint density at radius 1 is 1.09 bits per heavy atom. The predicted molar refractivity (Wildman–Crippen MR) is 59.4 cm³/mol. The first-order chi connectivity index (χ1) is 4.43. The van der Waals surface area contributed by atoms with Gasteiger partial charge in [0.15, 0.2) is 0 Å². The van der Waals surface area contributed by atoms with Crippen LogP contribution in [0.5, 0.6) is 0 Å². The van der Waals surface area contributed by atoms with Gasteiger partial charge in [0.25, 0.3) is 0 Å². The Morgan fingerprint density at radius 2 is 1.64 bits per heavy atom. The zero-order valence-corrected chi connectivity index (χ0v) is 5.68. The van der Waals surface area contributed by atoms with Crippen LogP contribution in [0.4, 0.5) is 0 Å². The van der Waals surface area contributed by atoms with Crippen molar-refractivity contribution in [2.24, 2.45) is 0 Å². The maximum atomic E-state index is 5.36. The van der Waals surface area contributed by atoms with Crippen molar-refractivity contribution < 1.29 is 0 Å². The molecule has 0 amide bonds. The van der Waals surface area contributed by atoms with E-state index in [1.54, 1.807) is 0 Å². The van der Waals surface area contributed by atoms with Crippen molar-refractivity contribution in [1.82, 2.24) is 0 Å². The van der Waals surface area contributed by atoms with Crippen LogP contribution < -0.4 is 0 Å². The molecule has 0 nitrogen and oxygen atoms in total. The summed E-state index contributed by atoms with van der Waals surface area (Å²) in [5.74, 6) is 0. The second-order valence-corrected chi connectivity index (χ2v) is 1.96. The number of benzene rings is 1. The van der Waals surface area contributed by atoms with E-state index in [4.69, 9.17) is 11.6 Å². The smallest absolute Gasteiger partial charge is 0.00484 e. The standard InChI is InChI=1S/C8H7Cl.CH4.H4Si/c9-7-6-8-4-2-1-3-5-8;;/h1-7H;2*1H4. The van der Waals surface area contributed by atoms with Crippen molar-refractivity contribution in [2.75, 3.05) is 0 Å². The molecule has 0 aliphatic rings. The third kappa shape index (κ3) is 4.82. The molecule has 0 spiro atoms. The van der Waals surface area contributed by atoms with Gasteiger partial charge >= 0.3 is 0 Å². The molecule has 0 aliphatic heterocycles. The highest BCUT2D eigenvalue weighted by molar-refractivity contribution is 6.27. The van der Waals surface area contributed by atoms with E-state index in [0.717, 1.165) is 5.56 Å². The topological polar surface area (TPSA) is 0 Å². The first-order valence-corrected chi connectivity index (χ1v) is 3.19. The maximum absolute atomic E-state index is 5.36. The third-order valence-corrected chi connectivity index (χ3v) is 1.18. The molecule has 0 aromatic heterocycles. The van der Waals surface area contributed by atoms with Crippen molar-refractivity contribution in [3.8, 4) is 0 Å². The minimum absolute atomic E-state index is 0. The van der Waals surface area contributed by atoms with Crippen LogP contribution in [0.15, 0.2) is 35.9 Å². The fraction of sp³-hybridized carbons (Fsp3) is 0.111. The molecule has 1 rings (SSSR count). The van der Waals surface area contributed by atoms with Crippen LogP contribution in [0.25, 0.3) is 6.08 Å². The third-order valence-electron chi connectivity index (χ3n) is 1.06. The average molecular weight is 187 g/mol. The van der Waals surface area contributed by atoms with Gasteiger partial charge in [-0.05, 0) is 22.6 Å². The van der Waals surface area contributed by atoms with Crippen LogP contribution in [-0.4, -0.2) is 11.0 Å². The van der Waals surface area contributed by atoms with Gasteiger partial charge in [-0.3, -0.25) is 0 Å².